The molecule has 0 spiro atoms. The van der Waals surface area contributed by atoms with Crippen molar-refractivity contribution in [2.45, 2.75) is 31.7 Å². The Labute approximate surface area is 101 Å². The summed E-state index contributed by atoms with van der Waals surface area (Å²) in [5.41, 5.74) is 1.09. The van der Waals surface area contributed by atoms with E-state index in [0.29, 0.717) is 0 Å². The Morgan fingerprint density at radius 1 is 1.53 bits per heavy atom. The second-order valence-corrected chi connectivity index (χ2v) is 4.72. The lowest BCUT2D eigenvalue weighted by Crippen LogP contribution is -2.15. The molecule has 1 unspecified atom stereocenters. The van der Waals surface area contributed by atoms with Crippen LogP contribution in [-0.4, -0.2) is 16.9 Å². The number of rotatable bonds is 6. The average Bonchev–Trinajstić information content (AvgIpc) is 2.20. The highest BCUT2D eigenvalue weighted by molar-refractivity contribution is 6.31. The van der Waals surface area contributed by atoms with E-state index in [9.17, 15) is 0 Å². The van der Waals surface area contributed by atoms with Gasteiger partial charge in [-0.3, -0.25) is 4.98 Å². The maximum atomic E-state index is 5.96. The molecule has 84 valence electrons. The smallest absolute Gasteiger partial charge is 0.0634 e. The zero-order valence-corrected chi connectivity index (χ0v) is 10.4. The van der Waals surface area contributed by atoms with Gasteiger partial charge in [0.2, 0.25) is 0 Å². The van der Waals surface area contributed by atoms with E-state index in [4.69, 9.17) is 23.2 Å². The van der Waals surface area contributed by atoms with Crippen LogP contribution in [0.5, 0.6) is 0 Å². The summed E-state index contributed by atoms with van der Waals surface area (Å²) in [6.07, 6.45) is 5.55. The van der Waals surface area contributed by atoms with E-state index in [1.165, 1.54) is 0 Å². The molecule has 1 heterocycles. The Balaban J connectivity index is 2.18. The number of nitrogens with one attached hydrogen (secondary N) is 1. The number of nitrogens with zero attached hydrogens (tertiary/aromatic N) is 1. The summed E-state index contributed by atoms with van der Waals surface area (Å²) in [7, 11) is 0. The van der Waals surface area contributed by atoms with Crippen LogP contribution >= 0.6 is 23.2 Å². The van der Waals surface area contributed by atoms with Crippen molar-refractivity contribution in [2.75, 3.05) is 6.54 Å². The van der Waals surface area contributed by atoms with Crippen LogP contribution in [-0.2, 0) is 6.54 Å². The van der Waals surface area contributed by atoms with Gasteiger partial charge in [0.05, 0.1) is 5.02 Å². The van der Waals surface area contributed by atoms with Crippen LogP contribution in [0, 0.1) is 0 Å². The fraction of sp³-hybridized carbons (Fsp3) is 0.545. The molecule has 0 saturated carbocycles. The van der Waals surface area contributed by atoms with Crippen LogP contribution in [0.25, 0.3) is 0 Å². The van der Waals surface area contributed by atoms with Crippen molar-refractivity contribution in [1.29, 1.82) is 0 Å². The van der Waals surface area contributed by atoms with Crippen molar-refractivity contribution in [3.8, 4) is 0 Å². The molecule has 1 rings (SSSR count). The minimum Gasteiger partial charge on any atom is -0.313 e. The normalized spacial score (nSPS) is 12.7. The largest absolute Gasteiger partial charge is 0.313 e. The molecule has 1 aromatic rings. The van der Waals surface area contributed by atoms with Gasteiger partial charge >= 0.3 is 0 Å². The second kappa shape index (κ2) is 7.04. The molecule has 1 N–H and O–H groups in total. The van der Waals surface area contributed by atoms with Crippen molar-refractivity contribution < 1.29 is 0 Å². The molecule has 0 aliphatic heterocycles. The van der Waals surface area contributed by atoms with Crippen molar-refractivity contribution >= 4 is 23.2 Å². The third kappa shape index (κ3) is 5.36. The van der Waals surface area contributed by atoms with Crippen LogP contribution in [0.2, 0.25) is 5.02 Å². The highest BCUT2D eigenvalue weighted by atomic mass is 35.5. The lowest BCUT2D eigenvalue weighted by Gasteiger charge is -2.06. The van der Waals surface area contributed by atoms with E-state index in [2.05, 4.69) is 10.3 Å². The van der Waals surface area contributed by atoms with E-state index >= 15 is 0 Å². The summed E-state index contributed by atoms with van der Waals surface area (Å²) in [5.74, 6) is 0. The number of aromatic nitrogens is 1. The third-order valence-corrected chi connectivity index (χ3v) is 2.69. The lowest BCUT2D eigenvalue weighted by atomic mass is 10.2. The molecule has 0 aromatic carbocycles. The molecule has 15 heavy (non-hydrogen) atoms. The number of pyridine rings is 1. The van der Waals surface area contributed by atoms with Gasteiger partial charge in [-0.2, -0.15) is 0 Å². The standard InChI is InChI=1S/C11H16Cl2N2/c1-9(12)3-2-5-14-7-10-4-6-15-8-11(10)13/h4,6,8-9,14H,2-3,5,7H2,1H3. The minimum absolute atomic E-state index is 0.260. The van der Waals surface area contributed by atoms with Crippen LogP contribution in [0.15, 0.2) is 18.5 Å². The topological polar surface area (TPSA) is 24.9 Å². The Hall–Kier alpha value is -0.310. The van der Waals surface area contributed by atoms with E-state index in [0.717, 1.165) is 36.5 Å². The Kier molecular flexibility index (Phi) is 5.99. The summed E-state index contributed by atoms with van der Waals surface area (Å²) in [5, 5.41) is 4.31. The summed E-state index contributed by atoms with van der Waals surface area (Å²) in [6, 6.07) is 1.93. The monoisotopic (exact) mass is 246 g/mol. The van der Waals surface area contributed by atoms with Gasteiger partial charge in [0.15, 0.2) is 0 Å². The molecule has 0 bridgehead atoms. The number of alkyl halides is 1. The van der Waals surface area contributed by atoms with Gasteiger partial charge in [0, 0.05) is 24.3 Å². The quantitative estimate of drug-likeness (QED) is 0.616. The van der Waals surface area contributed by atoms with Gasteiger partial charge in [-0.05, 0) is 37.9 Å². The molecule has 4 heteroatoms. The van der Waals surface area contributed by atoms with E-state index in [-0.39, 0.29) is 5.38 Å². The van der Waals surface area contributed by atoms with Crippen LogP contribution in [0.4, 0.5) is 0 Å². The molecule has 0 saturated heterocycles. The molecule has 2 nitrogen and oxygen atoms in total. The Bertz CT molecular complexity index is 290. The lowest BCUT2D eigenvalue weighted by molar-refractivity contribution is 0.619. The van der Waals surface area contributed by atoms with E-state index in [1.54, 1.807) is 12.4 Å². The van der Waals surface area contributed by atoms with Gasteiger partial charge in [-0.15, -0.1) is 11.6 Å². The Morgan fingerprint density at radius 3 is 3.00 bits per heavy atom. The molecule has 1 aromatic heterocycles. The van der Waals surface area contributed by atoms with Gasteiger partial charge in [0.25, 0.3) is 0 Å². The maximum absolute atomic E-state index is 5.96. The first-order chi connectivity index (χ1) is 7.20. The van der Waals surface area contributed by atoms with Gasteiger partial charge < -0.3 is 5.32 Å². The number of halogens is 2. The van der Waals surface area contributed by atoms with Crippen molar-refractivity contribution in [3.05, 3.63) is 29.0 Å². The first kappa shape index (κ1) is 12.8. The van der Waals surface area contributed by atoms with Gasteiger partial charge in [-0.25, -0.2) is 0 Å². The Morgan fingerprint density at radius 2 is 2.33 bits per heavy atom. The molecule has 0 radical (unpaired) electrons. The summed E-state index contributed by atoms with van der Waals surface area (Å²) in [4.78, 5) is 3.94. The minimum atomic E-state index is 0.260. The van der Waals surface area contributed by atoms with E-state index in [1.807, 2.05) is 13.0 Å². The van der Waals surface area contributed by atoms with Gasteiger partial charge in [-0.1, -0.05) is 11.6 Å². The average molecular weight is 247 g/mol. The molecular formula is C11H16Cl2N2. The molecule has 0 amide bonds. The van der Waals surface area contributed by atoms with Crippen LogP contribution in [0.1, 0.15) is 25.3 Å². The first-order valence-electron chi connectivity index (χ1n) is 5.13. The molecule has 0 fully saturated rings. The molecule has 0 aliphatic rings. The SMILES string of the molecule is CC(Cl)CCCNCc1ccncc1Cl. The van der Waals surface area contributed by atoms with Crippen LogP contribution < -0.4 is 5.32 Å². The zero-order chi connectivity index (χ0) is 11.1. The summed E-state index contributed by atoms with van der Waals surface area (Å²) < 4.78 is 0. The van der Waals surface area contributed by atoms with Crippen molar-refractivity contribution in [3.63, 3.8) is 0 Å². The predicted molar refractivity (Wildman–Crippen MR) is 65.5 cm³/mol. The molecule has 1 atom stereocenters. The fourth-order valence-electron chi connectivity index (χ4n) is 1.28. The fourth-order valence-corrected chi connectivity index (χ4v) is 1.62. The first-order valence-corrected chi connectivity index (χ1v) is 5.94. The third-order valence-electron chi connectivity index (χ3n) is 2.13. The van der Waals surface area contributed by atoms with Crippen molar-refractivity contribution in [1.82, 2.24) is 10.3 Å². The number of hydrogen-bond donors (Lipinski definition) is 1. The van der Waals surface area contributed by atoms with E-state index < -0.39 is 0 Å². The zero-order valence-electron chi connectivity index (χ0n) is 8.84. The highest BCUT2D eigenvalue weighted by Crippen LogP contribution is 2.12. The van der Waals surface area contributed by atoms with Crippen molar-refractivity contribution in [2.24, 2.45) is 0 Å². The van der Waals surface area contributed by atoms with Crippen LogP contribution in [0.3, 0.4) is 0 Å². The molecule has 0 aliphatic carbocycles. The predicted octanol–water partition coefficient (Wildman–Crippen LogP) is 3.23. The summed E-state index contributed by atoms with van der Waals surface area (Å²) in [6.45, 7) is 3.77. The second-order valence-electron chi connectivity index (χ2n) is 3.57. The summed E-state index contributed by atoms with van der Waals surface area (Å²) >= 11 is 11.8. The maximum Gasteiger partial charge on any atom is 0.0634 e. The number of hydrogen-bond acceptors (Lipinski definition) is 2. The molecular weight excluding hydrogens is 231 g/mol. The highest BCUT2D eigenvalue weighted by Gasteiger charge is 1.99. The van der Waals surface area contributed by atoms with Gasteiger partial charge in [0.1, 0.15) is 0 Å².